The van der Waals surface area contributed by atoms with Crippen molar-refractivity contribution in [3.8, 4) is 11.5 Å². The first-order chi connectivity index (χ1) is 6.59. The van der Waals surface area contributed by atoms with Crippen molar-refractivity contribution in [1.29, 1.82) is 0 Å². The third kappa shape index (κ3) is 1.33. The van der Waals surface area contributed by atoms with Crippen LogP contribution < -0.4 is 5.73 Å². The molecule has 2 rings (SSSR count). The van der Waals surface area contributed by atoms with Crippen molar-refractivity contribution in [2.24, 2.45) is 7.05 Å². The summed E-state index contributed by atoms with van der Waals surface area (Å²) in [6.45, 7) is 1.97. The van der Waals surface area contributed by atoms with E-state index in [0.717, 1.165) is 17.0 Å². The highest BCUT2D eigenvalue weighted by Crippen LogP contribution is 2.32. The number of hydrogen-bond acceptors (Lipinski definition) is 3. The zero-order valence-corrected chi connectivity index (χ0v) is 9.50. The van der Waals surface area contributed by atoms with Gasteiger partial charge in [-0.1, -0.05) is 0 Å². The van der Waals surface area contributed by atoms with Gasteiger partial charge in [-0.15, -0.1) is 0 Å². The number of halogens is 1. The van der Waals surface area contributed by atoms with Gasteiger partial charge in [0.05, 0.1) is 11.9 Å². The minimum Gasteiger partial charge on any atom is -0.447 e. The zero-order chi connectivity index (χ0) is 10.3. The topological polar surface area (TPSA) is 57.0 Å². The molecule has 14 heavy (non-hydrogen) atoms. The molecule has 5 heteroatoms. The van der Waals surface area contributed by atoms with E-state index in [4.69, 9.17) is 10.2 Å². The molecule has 0 spiro atoms. The Bertz CT molecular complexity index is 453. The molecule has 0 radical (unpaired) electrons. The van der Waals surface area contributed by atoms with E-state index in [9.17, 15) is 0 Å². The average molecular weight is 256 g/mol. The molecule has 0 aromatic carbocycles. The Morgan fingerprint density at radius 3 is 2.71 bits per heavy atom. The molecule has 0 saturated heterocycles. The monoisotopic (exact) mass is 255 g/mol. The lowest BCUT2D eigenvalue weighted by molar-refractivity contribution is 0.547. The van der Waals surface area contributed by atoms with Gasteiger partial charge >= 0.3 is 0 Å². The van der Waals surface area contributed by atoms with Gasteiger partial charge in [-0.05, 0) is 34.5 Å². The van der Waals surface area contributed by atoms with Crippen molar-refractivity contribution in [3.63, 3.8) is 0 Å². The summed E-state index contributed by atoms with van der Waals surface area (Å²) in [4.78, 5) is 0. The second-order valence-corrected chi connectivity index (χ2v) is 3.92. The van der Waals surface area contributed by atoms with Crippen molar-refractivity contribution in [1.82, 2.24) is 9.78 Å². The number of rotatable bonds is 1. The van der Waals surface area contributed by atoms with Gasteiger partial charge in [-0.2, -0.15) is 5.10 Å². The molecule has 2 heterocycles. The van der Waals surface area contributed by atoms with Crippen LogP contribution in [0.3, 0.4) is 0 Å². The zero-order valence-electron chi connectivity index (χ0n) is 7.91. The van der Waals surface area contributed by atoms with E-state index in [2.05, 4.69) is 21.0 Å². The second kappa shape index (κ2) is 3.16. The molecule has 2 aromatic rings. The summed E-state index contributed by atoms with van der Waals surface area (Å²) in [5, 5.41) is 4.06. The number of nitrogens with zero attached hydrogens (tertiary/aromatic N) is 2. The Balaban J connectivity index is 2.65. The van der Waals surface area contributed by atoms with Crippen LogP contribution in [0, 0.1) is 6.92 Å². The van der Waals surface area contributed by atoms with Crippen LogP contribution in [0.1, 0.15) is 5.56 Å². The van der Waals surface area contributed by atoms with Crippen molar-refractivity contribution in [3.05, 3.63) is 22.5 Å². The Hall–Kier alpha value is -1.23. The number of aryl methyl sites for hydroxylation is 2. The van der Waals surface area contributed by atoms with E-state index in [1.54, 1.807) is 10.9 Å². The van der Waals surface area contributed by atoms with Crippen molar-refractivity contribution >= 4 is 21.6 Å². The van der Waals surface area contributed by atoms with E-state index in [1.807, 2.05) is 20.0 Å². The van der Waals surface area contributed by atoms with Crippen molar-refractivity contribution < 1.29 is 4.42 Å². The molecule has 4 nitrogen and oxygen atoms in total. The van der Waals surface area contributed by atoms with Crippen molar-refractivity contribution in [2.75, 3.05) is 5.73 Å². The lowest BCUT2D eigenvalue weighted by Gasteiger charge is -2.00. The van der Waals surface area contributed by atoms with Crippen LogP contribution in [0.15, 0.2) is 21.3 Å². The van der Waals surface area contributed by atoms with E-state index in [0.29, 0.717) is 10.4 Å². The third-order valence-corrected chi connectivity index (χ3v) is 2.46. The highest BCUT2D eigenvalue weighted by molar-refractivity contribution is 9.10. The SMILES string of the molecule is Cc1cc(Br)oc1-c1c(N)cnn1C. The fourth-order valence-electron chi connectivity index (χ4n) is 1.41. The summed E-state index contributed by atoms with van der Waals surface area (Å²) in [7, 11) is 1.83. The highest BCUT2D eigenvalue weighted by Gasteiger charge is 2.15. The van der Waals surface area contributed by atoms with Gasteiger partial charge < -0.3 is 10.2 Å². The van der Waals surface area contributed by atoms with Crippen LogP contribution in [-0.4, -0.2) is 9.78 Å². The average Bonchev–Trinajstić information content (AvgIpc) is 2.57. The van der Waals surface area contributed by atoms with Gasteiger partial charge in [-0.3, -0.25) is 4.68 Å². The van der Waals surface area contributed by atoms with E-state index < -0.39 is 0 Å². The molecule has 0 atom stereocenters. The summed E-state index contributed by atoms with van der Waals surface area (Å²) < 4.78 is 7.90. The molecular formula is C9H10BrN3O. The Morgan fingerprint density at radius 1 is 1.57 bits per heavy atom. The van der Waals surface area contributed by atoms with Gasteiger partial charge in [0.1, 0.15) is 5.69 Å². The minimum absolute atomic E-state index is 0.623. The van der Waals surface area contributed by atoms with Crippen molar-refractivity contribution in [2.45, 2.75) is 6.92 Å². The lowest BCUT2D eigenvalue weighted by atomic mass is 10.2. The molecule has 74 valence electrons. The van der Waals surface area contributed by atoms with E-state index >= 15 is 0 Å². The lowest BCUT2D eigenvalue weighted by Crippen LogP contribution is -1.95. The van der Waals surface area contributed by atoms with Gasteiger partial charge in [0.2, 0.25) is 0 Å². The largest absolute Gasteiger partial charge is 0.447 e. The molecule has 2 aromatic heterocycles. The molecular weight excluding hydrogens is 246 g/mol. The summed E-state index contributed by atoms with van der Waals surface area (Å²) in [6.07, 6.45) is 1.62. The third-order valence-electron chi connectivity index (χ3n) is 2.07. The Morgan fingerprint density at radius 2 is 2.29 bits per heavy atom. The van der Waals surface area contributed by atoms with E-state index in [-0.39, 0.29) is 0 Å². The standard InChI is InChI=1S/C9H10BrN3O/c1-5-3-7(10)14-9(5)8-6(11)4-12-13(8)2/h3-4H,11H2,1-2H3. The highest BCUT2D eigenvalue weighted by atomic mass is 79.9. The maximum absolute atomic E-state index is 5.79. The number of aromatic nitrogens is 2. The van der Waals surface area contributed by atoms with Crippen LogP contribution >= 0.6 is 15.9 Å². The number of hydrogen-bond donors (Lipinski definition) is 1. The fourth-order valence-corrected chi connectivity index (χ4v) is 1.92. The second-order valence-electron chi connectivity index (χ2n) is 3.13. The molecule has 0 aliphatic carbocycles. The summed E-state index contributed by atoms with van der Waals surface area (Å²) in [5.74, 6) is 0.759. The first-order valence-electron chi connectivity index (χ1n) is 4.13. The van der Waals surface area contributed by atoms with Gasteiger partial charge in [0, 0.05) is 7.05 Å². The Kier molecular flexibility index (Phi) is 2.11. The van der Waals surface area contributed by atoms with Crippen LogP contribution in [0.5, 0.6) is 0 Å². The number of nitrogens with two attached hydrogens (primary N) is 1. The summed E-state index contributed by atoms with van der Waals surface area (Å²) in [5.41, 5.74) is 8.26. The number of nitrogen functional groups attached to an aromatic ring is 1. The van der Waals surface area contributed by atoms with Gasteiger partial charge in [0.25, 0.3) is 0 Å². The van der Waals surface area contributed by atoms with E-state index in [1.165, 1.54) is 0 Å². The fraction of sp³-hybridized carbons (Fsp3) is 0.222. The predicted octanol–water partition coefficient (Wildman–Crippen LogP) is 2.33. The molecule has 0 bridgehead atoms. The first-order valence-corrected chi connectivity index (χ1v) is 4.92. The maximum atomic E-state index is 5.79. The van der Waals surface area contributed by atoms with Gasteiger partial charge in [0.15, 0.2) is 10.4 Å². The summed E-state index contributed by atoms with van der Waals surface area (Å²) >= 11 is 3.28. The number of furan rings is 1. The van der Waals surface area contributed by atoms with Crippen LogP contribution in [0.25, 0.3) is 11.5 Å². The Labute approximate surface area is 89.8 Å². The quantitative estimate of drug-likeness (QED) is 0.851. The molecule has 0 saturated carbocycles. The van der Waals surface area contributed by atoms with Crippen LogP contribution in [0.4, 0.5) is 5.69 Å². The predicted molar refractivity (Wildman–Crippen MR) is 57.8 cm³/mol. The minimum atomic E-state index is 0.623. The number of anilines is 1. The van der Waals surface area contributed by atoms with Gasteiger partial charge in [-0.25, -0.2) is 0 Å². The smallest absolute Gasteiger partial charge is 0.170 e. The summed E-state index contributed by atoms with van der Waals surface area (Å²) in [6, 6.07) is 1.90. The molecule has 2 N–H and O–H groups in total. The molecule has 0 amide bonds. The molecule has 0 aliphatic rings. The molecule has 0 aliphatic heterocycles. The van der Waals surface area contributed by atoms with Crippen LogP contribution in [0.2, 0.25) is 0 Å². The molecule has 0 unspecified atom stereocenters. The maximum Gasteiger partial charge on any atom is 0.170 e. The normalized spacial score (nSPS) is 10.8. The van der Waals surface area contributed by atoms with Crippen LogP contribution in [-0.2, 0) is 7.05 Å². The molecule has 0 fully saturated rings. The first kappa shape index (κ1) is 9.33.